The Morgan fingerprint density at radius 2 is 1.97 bits per heavy atom. The Kier molecular flexibility index (Phi) is 10.3. The Bertz CT molecular complexity index is 1260. The fourth-order valence-corrected chi connectivity index (χ4v) is 5.39. The molecule has 1 aromatic carbocycles. The number of H-pyrrole nitrogens is 1. The molecule has 1 aromatic heterocycles. The van der Waals surface area contributed by atoms with Crippen LogP contribution in [0.25, 0.3) is 0 Å². The largest absolute Gasteiger partial charge is 0.405 e. The van der Waals surface area contributed by atoms with Crippen LogP contribution in [-0.4, -0.2) is 51.5 Å². The molecule has 202 valence electrons. The minimum absolute atomic E-state index is 0.0347. The Hall–Kier alpha value is -2.31. The van der Waals surface area contributed by atoms with Gasteiger partial charge >= 0.3 is 13.4 Å². The zero-order chi connectivity index (χ0) is 27.1. The topological polar surface area (TPSA) is 149 Å². The molecule has 0 saturated carbocycles. The van der Waals surface area contributed by atoms with Gasteiger partial charge in [0.05, 0.1) is 25.2 Å². The number of aliphatic hydroxyl groups is 1. The van der Waals surface area contributed by atoms with Gasteiger partial charge in [-0.3, -0.25) is 28.2 Å². The van der Waals surface area contributed by atoms with Crippen LogP contribution >= 0.6 is 19.5 Å². The number of hydrogen-bond acceptors (Lipinski definition) is 9. The first-order valence-corrected chi connectivity index (χ1v) is 14.2. The number of carbonyl (C=O) groups is 1. The first-order chi connectivity index (χ1) is 17.5. The SMILES string of the molecule is Cc1cn([C@H]2C=C[C@@H](COP(=O)(NCc3ccccc3)OCCSC(=O)C(C)(C)CO)O2)c(=O)[nH]c1=O. The fourth-order valence-electron chi connectivity index (χ4n) is 3.15. The molecule has 0 fully saturated rings. The molecule has 13 heteroatoms. The van der Waals surface area contributed by atoms with Gasteiger partial charge in [-0.15, -0.1) is 0 Å². The zero-order valence-corrected chi connectivity index (χ0v) is 22.6. The van der Waals surface area contributed by atoms with Crippen molar-refractivity contribution < 1.29 is 28.3 Å². The molecule has 0 aliphatic carbocycles. The molecule has 2 aromatic rings. The highest BCUT2D eigenvalue weighted by Crippen LogP contribution is 2.45. The molecule has 1 aliphatic rings. The van der Waals surface area contributed by atoms with E-state index in [0.29, 0.717) is 5.56 Å². The summed E-state index contributed by atoms with van der Waals surface area (Å²) in [6.45, 7) is 4.64. The lowest BCUT2D eigenvalue weighted by Crippen LogP contribution is -2.33. The van der Waals surface area contributed by atoms with Crippen LogP contribution in [0, 0.1) is 12.3 Å². The summed E-state index contributed by atoms with van der Waals surface area (Å²) in [5, 5.41) is 12.0. The van der Waals surface area contributed by atoms with Crippen molar-refractivity contribution in [3.8, 4) is 0 Å². The van der Waals surface area contributed by atoms with Crippen molar-refractivity contribution in [3.05, 3.63) is 80.6 Å². The molecule has 37 heavy (non-hydrogen) atoms. The van der Waals surface area contributed by atoms with Gasteiger partial charge in [-0.25, -0.2) is 14.4 Å². The highest BCUT2D eigenvalue weighted by Gasteiger charge is 2.30. The minimum Gasteiger partial charge on any atom is -0.395 e. The molecule has 0 amide bonds. The van der Waals surface area contributed by atoms with E-state index in [1.165, 1.54) is 10.8 Å². The van der Waals surface area contributed by atoms with Crippen LogP contribution < -0.4 is 16.3 Å². The number of carbonyl (C=O) groups excluding carboxylic acids is 1. The highest BCUT2D eigenvalue weighted by atomic mass is 32.2. The third-order valence-corrected chi connectivity index (χ3v) is 8.22. The summed E-state index contributed by atoms with van der Waals surface area (Å²) in [4.78, 5) is 38.2. The summed E-state index contributed by atoms with van der Waals surface area (Å²) in [7, 11) is -3.81. The van der Waals surface area contributed by atoms with E-state index in [-0.39, 0.29) is 37.2 Å². The number of aromatic amines is 1. The molecule has 1 unspecified atom stereocenters. The molecule has 0 saturated heterocycles. The van der Waals surface area contributed by atoms with E-state index in [0.717, 1.165) is 17.3 Å². The third kappa shape index (κ3) is 8.34. The average Bonchev–Trinajstić information content (AvgIpc) is 3.36. The second-order valence-corrected chi connectivity index (χ2v) is 11.9. The molecule has 0 radical (unpaired) electrons. The van der Waals surface area contributed by atoms with E-state index in [9.17, 15) is 24.1 Å². The lowest BCUT2D eigenvalue weighted by atomic mass is 9.97. The third-order valence-electron chi connectivity index (χ3n) is 5.48. The van der Waals surface area contributed by atoms with Gasteiger partial charge < -0.3 is 9.84 Å². The van der Waals surface area contributed by atoms with E-state index in [1.807, 2.05) is 30.3 Å². The summed E-state index contributed by atoms with van der Waals surface area (Å²) in [6.07, 6.45) is 3.34. The smallest absolute Gasteiger partial charge is 0.395 e. The number of nitrogens with zero attached hydrogens (tertiary/aromatic N) is 1. The first kappa shape index (κ1) is 29.2. The molecule has 2 heterocycles. The fraction of sp³-hybridized carbons (Fsp3) is 0.458. The van der Waals surface area contributed by atoms with Crippen molar-refractivity contribution in [1.82, 2.24) is 14.6 Å². The van der Waals surface area contributed by atoms with Crippen molar-refractivity contribution in [2.24, 2.45) is 5.41 Å². The number of hydrogen-bond donors (Lipinski definition) is 3. The van der Waals surface area contributed by atoms with Gasteiger partial charge in [-0.05, 0) is 32.4 Å². The van der Waals surface area contributed by atoms with E-state index in [2.05, 4.69) is 10.1 Å². The highest BCUT2D eigenvalue weighted by molar-refractivity contribution is 8.13. The molecular weight excluding hydrogens is 521 g/mol. The molecule has 3 N–H and O–H groups in total. The number of ether oxygens (including phenoxy) is 1. The number of aliphatic hydroxyl groups excluding tert-OH is 1. The quantitative estimate of drug-likeness (QED) is 0.192. The minimum atomic E-state index is -3.81. The van der Waals surface area contributed by atoms with Crippen molar-refractivity contribution in [2.75, 3.05) is 25.6 Å². The molecule has 3 atom stereocenters. The second-order valence-electron chi connectivity index (χ2n) is 9.05. The number of thioether (sulfide) groups is 1. The van der Waals surface area contributed by atoms with Gasteiger partial charge in [-0.2, -0.15) is 0 Å². The normalized spacial score (nSPS) is 19.1. The van der Waals surface area contributed by atoms with Crippen molar-refractivity contribution in [1.29, 1.82) is 0 Å². The maximum absolute atomic E-state index is 13.5. The Morgan fingerprint density at radius 1 is 1.24 bits per heavy atom. The van der Waals surface area contributed by atoms with Crippen molar-refractivity contribution in [2.45, 2.75) is 39.6 Å². The molecule has 0 bridgehead atoms. The van der Waals surface area contributed by atoms with Gasteiger partial charge in [0.25, 0.3) is 5.56 Å². The Labute approximate surface area is 218 Å². The molecule has 1 aliphatic heterocycles. The maximum Gasteiger partial charge on any atom is 0.405 e. The number of nitrogens with one attached hydrogen (secondary N) is 2. The van der Waals surface area contributed by atoms with Gasteiger partial charge in [0, 0.05) is 24.1 Å². The standard InChI is InChI=1S/C24H32N3O8PS/c1-17-14-27(23(31)26-21(17)29)20-10-9-19(35-20)15-34-36(32,25-13-18-7-5-4-6-8-18)33-11-12-37-22(30)24(2,3)16-28/h4-10,14,19-20,28H,11-13,15-16H2,1-3H3,(H,25,32)(H,26,29,31)/t19-,20+,36?/m0/s1. The first-order valence-electron chi connectivity index (χ1n) is 11.6. The summed E-state index contributed by atoms with van der Waals surface area (Å²) in [6, 6.07) is 9.30. The molecule has 3 rings (SSSR count). The van der Waals surface area contributed by atoms with Crippen LogP contribution in [0.2, 0.25) is 0 Å². The number of aromatic nitrogens is 2. The lowest BCUT2D eigenvalue weighted by Gasteiger charge is -2.22. The van der Waals surface area contributed by atoms with Crippen LogP contribution in [0.3, 0.4) is 0 Å². The monoisotopic (exact) mass is 553 g/mol. The number of aryl methyl sites for hydroxylation is 1. The van der Waals surface area contributed by atoms with Crippen LogP contribution in [-0.2, 0) is 29.7 Å². The zero-order valence-electron chi connectivity index (χ0n) is 20.9. The summed E-state index contributed by atoms with van der Waals surface area (Å²) < 4.78 is 31.8. The number of rotatable bonds is 13. The van der Waals surface area contributed by atoms with Gasteiger partial charge in [0.2, 0.25) is 0 Å². The Morgan fingerprint density at radius 3 is 2.68 bits per heavy atom. The summed E-state index contributed by atoms with van der Waals surface area (Å²) in [5.74, 6) is 0.221. The van der Waals surface area contributed by atoms with Crippen LogP contribution in [0.4, 0.5) is 0 Å². The predicted octanol–water partition coefficient (Wildman–Crippen LogP) is 2.51. The van der Waals surface area contributed by atoms with E-state index in [1.54, 1.807) is 32.9 Å². The molecule has 11 nitrogen and oxygen atoms in total. The Balaban J connectivity index is 1.59. The van der Waals surface area contributed by atoms with Gasteiger partial charge in [-0.1, -0.05) is 48.2 Å². The molecular formula is C24H32N3O8PS. The average molecular weight is 554 g/mol. The van der Waals surface area contributed by atoms with Crippen molar-refractivity contribution in [3.63, 3.8) is 0 Å². The maximum atomic E-state index is 13.5. The molecule has 0 spiro atoms. The lowest BCUT2D eigenvalue weighted by molar-refractivity contribution is -0.119. The summed E-state index contributed by atoms with van der Waals surface area (Å²) in [5.41, 5.74) is -0.731. The number of benzene rings is 1. The van der Waals surface area contributed by atoms with Crippen LogP contribution in [0.15, 0.2) is 58.3 Å². The van der Waals surface area contributed by atoms with Gasteiger partial charge in [0.1, 0.15) is 6.10 Å². The van der Waals surface area contributed by atoms with Crippen LogP contribution in [0.5, 0.6) is 0 Å². The summed E-state index contributed by atoms with van der Waals surface area (Å²) >= 11 is 0.986. The van der Waals surface area contributed by atoms with E-state index in [4.69, 9.17) is 13.8 Å². The van der Waals surface area contributed by atoms with E-state index < -0.39 is 36.7 Å². The van der Waals surface area contributed by atoms with E-state index >= 15 is 0 Å². The second kappa shape index (κ2) is 13.0. The van der Waals surface area contributed by atoms with Crippen LogP contribution in [0.1, 0.15) is 31.2 Å². The predicted molar refractivity (Wildman–Crippen MR) is 140 cm³/mol. The van der Waals surface area contributed by atoms with Crippen molar-refractivity contribution >= 4 is 24.6 Å². The van der Waals surface area contributed by atoms with Gasteiger partial charge in [0.15, 0.2) is 11.3 Å².